The Bertz CT molecular complexity index is 441. The quantitative estimate of drug-likeness (QED) is 0.847. The molecule has 1 aliphatic heterocycles. The first-order valence-electron chi connectivity index (χ1n) is 7.88. The maximum absolute atomic E-state index is 12.0. The number of piperidine rings is 1. The van der Waals surface area contributed by atoms with Crippen molar-refractivity contribution < 1.29 is 4.79 Å². The second-order valence-electron chi connectivity index (χ2n) is 6.05. The molecular weight excluding hydrogens is 284 g/mol. The molecule has 1 aliphatic rings. The van der Waals surface area contributed by atoms with Gasteiger partial charge < -0.3 is 10.6 Å². The first-order chi connectivity index (χ1) is 10.1. The predicted octanol–water partition coefficient (Wildman–Crippen LogP) is 3.17. The van der Waals surface area contributed by atoms with Gasteiger partial charge in [-0.15, -0.1) is 0 Å². The number of benzene rings is 1. The van der Waals surface area contributed by atoms with Crippen LogP contribution >= 0.6 is 11.6 Å². The summed E-state index contributed by atoms with van der Waals surface area (Å²) in [6.45, 7) is 4.24. The summed E-state index contributed by atoms with van der Waals surface area (Å²) < 4.78 is 0. The number of carbonyl (C=O) groups excluding carboxylic acids is 1. The molecule has 1 saturated heterocycles. The molecule has 1 fully saturated rings. The summed E-state index contributed by atoms with van der Waals surface area (Å²) in [6.07, 6.45) is 4.96. The van der Waals surface area contributed by atoms with Gasteiger partial charge >= 0.3 is 0 Å². The summed E-state index contributed by atoms with van der Waals surface area (Å²) in [5, 5.41) is 7.23. The van der Waals surface area contributed by atoms with E-state index in [1.807, 2.05) is 24.3 Å². The van der Waals surface area contributed by atoms with E-state index >= 15 is 0 Å². The van der Waals surface area contributed by atoms with E-state index in [1.54, 1.807) is 0 Å². The summed E-state index contributed by atoms with van der Waals surface area (Å²) in [4.78, 5) is 12.0. The van der Waals surface area contributed by atoms with E-state index in [2.05, 4.69) is 17.6 Å². The average molecular weight is 309 g/mol. The largest absolute Gasteiger partial charge is 0.353 e. The van der Waals surface area contributed by atoms with E-state index in [1.165, 1.54) is 18.4 Å². The lowest BCUT2D eigenvalue weighted by atomic mass is 9.94. The zero-order valence-electron chi connectivity index (χ0n) is 12.7. The number of hydrogen-bond acceptors (Lipinski definition) is 2. The molecule has 4 heteroatoms. The highest BCUT2D eigenvalue weighted by molar-refractivity contribution is 6.30. The van der Waals surface area contributed by atoms with E-state index in [4.69, 9.17) is 11.6 Å². The maximum Gasteiger partial charge on any atom is 0.220 e. The molecule has 1 heterocycles. The first-order valence-corrected chi connectivity index (χ1v) is 8.26. The molecule has 1 aromatic carbocycles. The van der Waals surface area contributed by atoms with Crippen LogP contribution in [0, 0.1) is 5.92 Å². The molecule has 21 heavy (non-hydrogen) atoms. The third-order valence-corrected chi connectivity index (χ3v) is 4.29. The van der Waals surface area contributed by atoms with Crippen molar-refractivity contribution in [2.24, 2.45) is 5.92 Å². The van der Waals surface area contributed by atoms with Crippen LogP contribution in [0.5, 0.6) is 0 Å². The minimum absolute atomic E-state index is 0.156. The molecule has 0 spiro atoms. The van der Waals surface area contributed by atoms with Gasteiger partial charge in [-0.2, -0.15) is 0 Å². The highest BCUT2D eigenvalue weighted by atomic mass is 35.5. The fraction of sp³-hybridized carbons (Fsp3) is 0.588. The van der Waals surface area contributed by atoms with Crippen LogP contribution in [0.2, 0.25) is 5.02 Å². The monoisotopic (exact) mass is 308 g/mol. The fourth-order valence-electron chi connectivity index (χ4n) is 2.88. The molecule has 2 atom stereocenters. The Hall–Kier alpha value is -1.06. The molecule has 2 rings (SSSR count). The Balaban J connectivity index is 1.67. The zero-order valence-corrected chi connectivity index (χ0v) is 13.5. The number of amides is 1. The van der Waals surface area contributed by atoms with Crippen molar-refractivity contribution in [3.05, 3.63) is 34.9 Å². The zero-order chi connectivity index (χ0) is 15.1. The highest BCUT2D eigenvalue weighted by Gasteiger charge is 2.15. The van der Waals surface area contributed by atoms with Crippen LogP contribution in [0.15, 0.2) is 24.3 Å². The number of hydrogen-bond donors (Lipinski definition) is 2. The standard InChI is InChI=1S/C17H25ClN2O/c1-13(11-14-4-7-16(18)8-5-14)20-17(21)9-6-15-3-2-10-19-12-15/h4-5,7-8,13,15,19H,2-3,6,9-12H2,1H3,(H,20,21). The van der Waals surface area contributed by atoms with Crippen LogP contribution in [0.25, 0.3) is 0 Å². The third-order valence-electron chi connectivity index (χ3n) is 4.04. The van der Waals surface area contributed by atoms with E-state index in [9.17, 15) is 4.79 Å². The van der Waals surface area contributed by atoms with Gasteiger partial charge in [-0.25, -0.2) is 0 Å². The van der Waals surface area contributed by atoms with Gasteiger partial charge in [-0.05, 0) is 69.3 Å². The van der Waals surface area contributed by atoms with Crippen molar-refractivity contribution in [3.63, 3.8) is 0 Å². The van der Waals surface area contributed by atoms with Gasteiger partial charge in [0.15, 0.2) is 0 Å². The molecule has 116 valence electrons. The lowest BCUT2D eigenvalue weighted by Crippen LogP contribution is -2.35. The fourth-order valence-corrected chi connectivity index (χ4v) is 3.00. The van der Waals surface area contributed by atoms with Gasteiger partial charge in [0.05, 0.1) is 0 Å². The second kappa shape index (κ2) is 8.40. The van der Waals surface area contributed by atoms with Crippen LogP contribution in [-0.4, -0.2) is 25.0 Å². The van der Waals surface area contributed by atoms with Crippen molar-refractivity contribution in [2.75, 3.05) is 13.1 Å². The molecule has 1 aromatic rings. The van der Waals surface area contributed by atoms with E-state index in [-0.39, 0.29) is 11.9 Å². The van der Waals surface area contributed by atoms with E-state index in [0.717, 1.165) is 31.0 Å². The van der Waals surface area contributed by atoms with Crippen molar-refractivity contribution in [2.45, 2.75) is 45.1 Å². The minimum atomic E-state index is 0.156. The second-order valence-corrected chi connectivity index (χ2v) is 6.49. The third kappa shape index (κ3) is 6.06. The van der Waals surface area contributed by atoms with E-state index < -0.39 is 0 Å². The van der Waals surface area contributed by atoms with Crippen LogP contribution in [0.1, 0.15) is 38.2 Å². The lowest BCUT2D eigenvalue weighted by molar-refractivity contribution is -0.122. The van der Waals surface area contributed by atoms with Crippen molar-refractivity contribution in [3.8, 4) is 0 Å². The number of rotatable bonds is 6. The van der Waals surface area contributed by atoms with Crippen molar-refractivity contribution in [1.29, 1.82) is 0 Å². The molecule has 1 amide bonds. The Kier molecular flexibility index (Phi) is 6.52. The highest BCUT2D eigenvalue weighted by Crippen LogP contribution is 2.16. The predicted molar refractivity (Wildman–Crippen MR) is 87.6 cm³/mol. The molecule has 0 radical (unpaired) electrons. The normalized spacial score (nSPS) is 20.0. The van der Waals surface area contributed by atoms with Gasteiger partial charge in [0, 0.05) is 17.5 Å². The van der Waals surface area contributed by atoms with Gasteiger partial charge in [0.2, 0.25) is 5.91 Å². The topological polar surface area (TPSA) is 41.1 Å². The van der Waals surface area contributed by atoms with Crippen molar-refractivity contribution >= 4 is 17.5 Å². The molecule has 2 unspecified atom stereocenters. The summed E-state index contributed by atoms with van der Waals surface area (Å²) >= 11 is 5.87. The first kappa shape index (κ1) is 16.3. The SMILES string of the molecule is CC(Cc1ccc(Cl)cc1)NC(=O)CCC1CCCNC1. The smallest absolute Gasteiger partial charge is 0.220 e. The number of halogens is 1. The number of carbonyl (C=O) groups is 1. The van der Waals surface area contributed by atoms with Gasteiger partial charge in [-0.3, -0.25) is 4.79 Å². The minimum Gasteiger partial charge on any atom is -0.353 e. The summed E-state index contributed by atoms with van der Waals surface area (Å²) in [5.41, 5.74) is 1.20. The Morgan fingerprint density at radius 2 is 2.19 bits per heavy atom. The molecule has 0 aliphatic carbocycles. The Morgan fingerprint density at radius 3 is 2.86 bits per heavy atom. The molecule has 3 nitrogen and oxygen atoms in total. The average Bonchev–Trinajstić information content (AvgIpc) is 2.48. The Labute approximate surface area is 132 Å². The van der Waals surface area contributed by atoms with Crippen LogP contribution in [-0.2, 0) is 11.2 Å². The van der Waals surface area contributed by atoms with Gasteiger partial charge in [0.25, 0.3) is 0 Å². The lowest BCUT2D eigenvalue weighted by Gasteiger charge is -2.22. The van der Waals surface area contributed by atoms with Gasteiger partial charge in [0.1, 0.15) is 0 Å². The maximum atomic E-state index is 12.0. The van der Waals surface area contributed by atoms with E-state index in [0.29, 0.717) is 12.3 Å². The molecule has 0 bridgehead atoms. The Morgan fingerprint density at radius 1 is 1.43 bits per heavy atom. The summed E-state index contributed by atoms with van der Waals surface area (Å²) in [7, 11) is 0. The molecule has 0 aromatic heterocycles. The molecule has 2 N–H and O–H groups in total. The van der Waals surface area contributed by atoms with Crippen molar-refractivity contribution in [1.82, 2.24) is 10.6 Å². The van der Waals surface area contributed by atoms with Crippen LogP contribution in [0.3, 0.4) is 0 Å². The molecular formula is C17H25ClN2O. The summed E-state index contributed by atoms with van der Waals surface area (Å²) in [6, 6.07) is 7.96. The van der Waals surface area contributed by atoms with Gasteiger partial charge in [-0.1, -0.05) is 23.7 Å². The van der Waals surface area contributed by atoms with Crippen LogP contribution < -0.4 is 10.6 Å². The number of nitrogens with one attached hydrogen (secondary N) is 2. The summed E-state index contributed by atoms with van der Waals surface area (Å²) in [5.74, 6) is 0.832. The van der Waals surface area contributed by atoms with Crippen LogP contribution in [0.4, 0.5) is 0 Å². The molecule has 0 saturated carbocycles.